The van der Waals surface area contributed by atoms with Crippen LogP contribution in [-0.2, 0) is 11.2 Å². The molecule has 4 nitrogen and oxygen atoms in total. The SMILES string of the molecule is CN(C(=O)O)[C@@H](Cc1ccccc1)C(=O)CCl. The van der Waals surface area contributed by atoms with E-state index in [0.29, 0.717) is 6.42 Å². The smallest absolute Gasteiger partial charge is 0.407 e. The van der Waals surface area contributed by atoms with Crippen LogP contribution in [-0.4, -0.2) is 40.9 Å². The summed E-state index contributed by atoms with van der Waals surface area (Å²) >= 11 is 5.49. The minimum absolute atomic E-state index is 0.185. The first-order valence-corrected chi connectivity index (χ1v) is 5.68. The normalized spacial score (nSPS) is 11.9. The van der Waals surface area contributed by atoms with E-state index < -0.39 is 12.1 Å². The number of rotatable bonds is 5. The van der Waals surface area contributed by atoms with E-state index in [0.717, 1.165) is 10.5 Å². The highest BCUT2D eigenvalue weighted by molar-refractivity contribution is 6.28. The summed E-state index contributed by atoms with van der Waals surface area (Å²) in [6.45, 7) is 0. The molecule has 5 heteroatoms. The first-order chi connectivity index (χ1) is 8.06. The summed E-state index contributed by atoms with van der Waals surface area (Å²) in [7, 11) is 1.38. The number of alkyl halides is 1. The number of carbonyl (C=O) groups excluding carboxylic acids is 1. The molecule has 0 unspecified atom stereocenters. The molecule has 0 radical (unpaired) electrons. The summed E-state index contributed by atoms with van der Waals surface area (Å²) in [6, 6.07) is 8.53. The van der Waals surface area contributed by atoms with Gasteiger partial charge in [0.2, 0.25) is 0 Å². The van der Waals surface area contributed by atoms with E-state index in [1.807, 2.05) is 30.3 Å². The Morgan fingerprint density at radius 2 is 1.94 bits per heavy atom. The summed E-state index contributed by atoms with van der Waals surface area (Å²) in [6.07, 6.45) is -0.792. The van der Waals surface area contributed by atoms with Crippen LogP contribution < -0.4 is 0 Å². The second-order valence-corrected chi connectivity index (χ2v) is 3.97. The van der Waals surface area contributed by atoms with Gasteiger partial charge in [-0.1, -0.05) is 30.3 Å². The number of likely N-dealkylation sites (N-methyl/N-ethyl adjacent to an activating group) is 1. The molecule has 1 rings (SSSR count). The van der Waals surface area contributed by atoms with E-state index in [-0.39, 0.29) is 11.7 Å². The highest BCUT2D eigenvalue weighted by Gasteiger charge is 2.25. The van der Waals surface area contributed by atoms with Crippen LogP contribution in [0.3, 0.4) is 0 Å². The molecule has 0 saturated carbocycles. The van der Waals surface area contributed by atoms with Gasteiger partial charge >= 0.3 is 6.09 Å². The maximum absolute atomic E-state index is 11.6. The van der Waals surface area contributed by atoms with Crippen molar-refractivity contribution < 1.29 is 14.7 Å². The molecule has 1 aromatic rings. The van der Waals surface area contributed by atoms with Crippen LogP contribution in [0.1, 0.15) is 5.56 Å². The molecule has 0 aromatic heterocycles. The molecular weight excluding hydrogens is 242 g/mol. The number of carboxylic acid groups (broad SMARTS) is 1. The van der Waals surface area contributed by atoms with E-state index in [9.17, 15) is 9.59 Å². The van der Waals surface area contributed by atoms with E-state index >= 15 is 0 Å². The minimum atomic E-state index is -1.13. The topological polar surface area (TPSA) is 57.6 Å². The fourth-order valence-corrected chi connectivity index (χ4v) is 1.70. The first-order valence-electron chi connectivity index (χ1n) is 5.14. The van der Waals surface area contributed by atoms with Gasteiger partial charge in [-0.15, -0.1) is 11.6 Å². The number of halogens is 1. The number of ketones is 1. The predicted octanol–water partition coefficient (Wildman–Crippen LogP) is 2.02. The number of carbonyl (C=O) groups is 2. The molecule has 1 aromatic carbocycles. The highest BCUT2D eigenvalue weighted by atomic mass is 35.5. The Hall–Kier alpha value is -1.55. The molecule has 0 aliphatic carbocycles. The molecule has 0 heterocycles. The molecule has 1 atom stereocenters. The molecule has 0 fully saturated rings. The van der Waals surface area contributed by atoms with Crippen LogP contribution in [0.5, 0.6) is 0 Å². The lowest BCUT2D eigenvalue weighted by molar-refractivity contribution is -0.120. The van der Waals surface area contributed by atoms with Crippen LogP contribution in [0.4, 0.5) is 4.79 Å². The van der Waals surface area contributed by atoms with Gasteiger partial charge in [-0.2, -0.15) is 0 Å². The number of benzene rings is 1. The van der Waals surface area contributed by atoms with Gasteiger partial charge in [-0.25, -0.2) is 4.79 Å². The van der Waals surface area contributed by atoms with Gasteiger partial charge in [-0.3, -0.25) is 4.79 Å². The largest absolute Gasteiger partial charge is 0.465 e. The Morgan fingerprint density at radius 3 is 2.41 bits per heavy atom. The summed E-state index contributed by atoms with van der Waals surface area (Å²) < 4.78 is 0. The van der Waals surface area contributed by atoms with Gasteiger partial charge in [0.25, 0.3) is 0 Å². The van der Waals surface area contributed by atoms with Crippen molar-refractivity contribution in [3.05, 3.63) is 35.9 Å². The third kappa shape index (κ3) is 3.75. The Balaban J connectivity index is 2.85. The molecule has 1 N–H and O–H groups in total. The molecule has 0 spiro atoms. The molecule has 1 amide bonds. The van der Waals surface area contributed by atoms with Crippen molar-refractivity contribution in [1.82, 2.24) is 4.90 Å². The van der Waals surface area contributed by atoms with Crippen molar-refractivity contribution >= 4 is 23.5 Å². The van der Waals surface area contributed by atoms with Gasteiger partial charge in [0, 0.05) is 13.5 Å². The van der Waals surface area contributed by atoms with Crippen LogP contribution in [0.25, 0.3) is 0 Å². The molecular formula is C12H14ClNO3. The van der Waals surface area contributed by atoms with Crippen LogP contribution in [0, 0.1) is 0 Å². The zero-order valence-electron chi connectivity index (χ0n) is 9.47. The van der Waals surface area contributed by atoms with Crippen molar-refractivity contribution in [3.63, 3.8) is 0 Å². The van der Waals surface area contributed by atoms with Gasteiger partial charge < -0.3 is 10.0 Å². The molecule has 0 bridgehead atoms. The zero-order chi connectivity index (χ0) is 12.8. The first kappa shape index (κ1) is 13.5. The van der Waals surface area contributed by atoms with Gasteiger partial charge in [-0.05, 0) is 5.56 Å². The second-order valence-electron chi connectivity index (χ2n) is 3.70. The van der Waals surface area contributed by atoms with Gasteiger partial charge in [0.1, 0.15) is 0 Å². The molecule has 0 aliphatic rings. The highest BCUT2D eigenvalue weighted by Crippen LogP contribution is 2.10. The fraction of sp³-hybridized carbons (Fsp3) is 0.333. The van der Waals surface area contributed by atoms with Crippen molar-refractivity contribution in [3.8, 4) is 0 Å². The predicted molar refractivity (Wildman–Crippen MR) is 65.4 cm³/mol. The average Bonchev–Trinajstić information content (AvgIpc) is 2.35. The van der Waals surface area contributed by atoms with Gasteiger partial charge in [0.15, 0.2) is 5.78 Å². The molecule has 92 valence electrons. The third-order valence-corrected chi connectivity index (χ3v) is 2.81. The van der Waals surface area contributed by atoms with Crippen LogP contribution in [0.15, 0.2) is 30.3 Å². The second kappa shape index (κ2) is 6.25. The monoisotopic (exact) mass is 255 g/mol. The lowest BCUT2D eigenvalue weighted by atomic mass is 10.0. The Bertz CT molecular complexity index is 394. The number of nitrogens with zero attached hydrogens (tertiary/aromatic N) is 1. The minimum Gasteiger partial charge on any atom is -0.465 e. The zero-order valence-corrected chi connectivity index (χ0v) is 10.2. The third-order valence-electron chi connectivity index (χ3n) is 2.54. The Morgan fingerprint density at radius 1 is 1.35 bits per heavy atom. The quantitative estimate of drug-likeness (QED) is 0.819. The molecule has 0 aliphatic heterocycles. The van der Waals surface area contributed by atoms with E-state index in [2.05, 4.69) is 0 Å². The maximum atomic E-state index is 11.6. The summed E-state index contributed by atoms with van der Waals surface area (Å²) in [5.74, 6) is -0.477. The number of amides is 1. The lowest BCUT2D eigenvalue weighted by Crippen LogP contribution is -2.43. The van der Waals surface area contributed by atoms with E-state index in [1.54, 1.807) is 0 Å². The Kier molecular flexibility index (Phi) is 4.97. The summed E-state index contributed by atoms with van der Waals surface area (Å²) in [5.41, 5.74) is 0.907. The fourth-order valence-electron chi connectivity index (χ4n) is 1.53. The van der Waals surface area contributed by atoms with Gasteiger partial charge in [0.05, 0.1) is 11.9 Å². The van der Waals surface area contributed by atoms with Crippen LogP contribution >= 0.6 is 11.6 Å². The van der Waals surface area contributed by atoms with Crippen molar-refractivity contribution in [2.75, 3.05) is 12.9 Å². The van der Waals surface area contributed by atoms with Crippen molar-refractivity contribution in [2.45, 2.75) is 12.5 Å². The lowest BCUT2D eigenvalue weighted by Gasteiger charge is -2.23. The van der Waals surface area contributed by atoms with Crippen molar-refractivity contribution in [2.24, 2.45) is 0 Å². The molecule has 0 saturated heterocycles. The maximum Gasteiger partial charge on any atom is 0.407 e. The standard InChI is InChI=1S/C12H14ClNO3/c1-14(12(16)17)10(11(15)8-13)7-9-5-3-2-4-6-9/h2-6,10H,7-8H2,1H3,(H,16,17)/t10-/m0/s1. The molecule has 17 heavy (non-hydrogen) atoms. The number of hydrogen-bond donors (Lipinski definition) is 1. The summed E-state index contributed by atoms with van der Waals surface area (Å²) in [4.78, 5) is 23.5. The average molecular weight is 256 g/mol. The number of Topliss-reactive ketones (excluding diaryl/α,β-unsaturated/α-hetero) is 1. The van der Waals surface area contributed by atoms with E-state index in [1.165, 1.54) is 7.05 Å². The van der Waals surface area contributed by atoms with Crippen LogP contribution in [0.2, 0.25) is 0 Å². The number of hydrogen-bond acceptors (Lipinski definition) is 2. The van der Waals surface area contributed by atoms with Crippen molar-refractivity contribution in [1.29, 1.82) is 0 Å². The summed E-state index contributed by atoms with van der Waals surface area (Å²) in [5, 5.41) is 8.91. The Labute approximate surface area is 105 Å². The van der Waals surface area contributed by atoms with E-state index in [4.69, 9.17) is 16.7 Å².